The van der Waals surface area contributed by atoms with Gasteiger partial charge in [0.2, 0.25) is 0 Å². The fraction of sp³-hybridized carbons (Fsp3) is 0.294. The van der Waals surface area contributed by atoms with Crippen LogP contribution in [0.2, 0.25) is 5.02 Å². The normalized spacial score (nSPS) is 13.4. The lowest BCUT2D eigenvalue weighted by Gasteiger charge is -2.10. The third kappa shape index (κ3) is 2.76. The highest BCUT2D eigenvalue weighted by Crippen LogP contribution is 2.25. The quantitative estimate of drug-likeness (QED) is 0.849. The van der Waals surface area contributed by atoms with Gasteiger partial charge in [-0.3, -0.25) is 0 Å². The number of benzene rings is 2. The van der Waals surface area contributed by atoms with Crippen LogP contribution in [0.25, 0.3) is 0 Å². The number of aryl methyl sites for hydroxylation is 3. The molecule has 1 aliphatic carbocycles. The Kier molecular flexibility index (Phi) is 3.48. The topological polar surface area (TPSA) is 12.0 Å². The molecule has 1 aliphatic rings. The van der Waals surface area contributed by atoms with Crippen LogP contribution >= 0.6 is 11.6 Å². The van der Waals surface area contributed by atoms with E-state index < -0.39 is 0 Å². The lowest BCUT2D eigenvalue weighted by atomic mass is 10.1. The SMILES string of the molecule is Cc1ccc(CNc2ccc3c(c2)CCC3)c(Cl)c1. The molecule has 0 saturated heterocycles. The zero-order valence-corrected chi connectivity index (χ0v) is 11.9. The number of hydrogen-bond acceptors (Lipinski definition) is 1. The molecule has 3 rings (SSSR count). The molecule has 0 saturated carbocycles. The van der Waals surface area contributed by atoms with E-state index in [9.17, 15) is 0 Å². The van der Waals surface area contributed by atoms with Crippen LogP contribution in [0.4, 0.5) is 5.69 Å². The second-order valence-corrected chi connectivity index (χ2v) is 5.69. The molecular formula is C17H18ClN. The zero-order valence-electron chi connectivity index (χ0n) is 11.2. The van der Waals surface area contributed by atoms with Gasteiger partial charge in [-0.15, -0.1) is 0 Å². The molecule has 0 amide bonds. The van der Waals surface area contributed by atoms with Gasteiger partial charge in [0.1, 0.15) is 0 Å². The molecule has 2 heteroatoms. The summed E-state index contributed by atoms with van der Waals surface area (Å²) in [6, 6.07) is 12.9. The number of rotatable bonds is 3. The summed E-state index contributed by atoms with van der Waals surface area (Å²) in [5.41, 5.74) is 6.55. The zero-order chi connectivity index (χ0) is 13.2. The first-order valence-corrected chi connectivity index (χ1v) is 7.21. The van der Waals surface area contributed by atoms with Gasteiger partial charge in [-0.2, -0.15) is 0 Å². The molecule has 0 atom stereocenters. The molecule has 0 aliphatic heterocycles. The maximum Gasteiger partial charge on any atom is 0.0458 e. The Morgan fingerprint density at radius 2 is 1.89 bits per heavy atom. The van der Waals surface area contributed by atoms with Gasteiger partial charge in [0.05, 0.1) is 0 Å². The lowest BCUT2D eigenvalue weighted by molar-refractivity contribution is 0.912. The van der Waals surface area contributed by atoms with Gasteiger partial charge in [-0.05, 0) is 66.6 Å². The molecule has 0 spiro atoms. The number of nitrogens with one attached hydrogen (secondary N) is 1. The Hall–Kier alpha value is -1.47. The van der Waals surface area contributed by atoms with Gasteiger partial charge in [-0.25, -0.2) is 0 Å². The maximum atomic E-state index is 6.25. The summed E-state index contributed by atoms with van der Waals surface area (Å²) in [5, 5.41) is 4.31. The average Bonchev–Trinajstić information content (AvgIpc) is 2.85. The Morgan fingerprint density at radius 1 is 1.05 bits per heavy atom. The lowest BCUT2D eigenvalue weighted by Crippen LogP contribution is -2.01. The van der Waals surface area contributed by atoms with Crippen molar-refractivity contribution in [2.75, 3.05) is 5.32 Å². The minimum absolute atomic E-state index is 0.776. The Morgan fingerprint density at radius 3 is 2.74 bits per heavy atom. The molecule has 0 heterocycles. The van der Waals surface area contributed by atoms with Crippen LogP contribution in [0.3, 0.4) is 0 Å². The molecule has 2 aromatic rings. The summed E-state index contributed by atoms with van der Waals surface area (Å²) in [6.45, 7) is 2.83. The first kappa shape index (κ1) is 12.6. The van der Waals surface area contributed by atoms with Gasteiger partial charge in [0, 0.05) is 17.3 Å². The van der Waals surface area contributed by atoms with Crippen LogP contribution in [0.5, 0.6) is 0 Å². The van der Waals surface area contributed by atoms with E-state index in [-0.39, 0.29) is 0 Å². The van der Waals surface area contributed by atoms with Crippen LogP contribution in [0.1, 0.15) is 28.7 Å². The van der Waals surface area contributed by atoms with Gasteiger partial charge in [-0.1, -0.05) is 29.8 Å². The van der Waals surface area contributed by atoms with Crippen molar-refractivity contribution in [2.45, 2.75) is 32.7 Å². The second kappa shape index (κ2) is 5.26. The molecule has 19 heavy (non-hydrogen) atoms. The van der Waals surface area contributed by atoms with Gasteiger partial charge in [0.25, 0.3) is 0 Å². The summed E-state index contributed by atoms with van der Waals surface area (Å²) in [7, 11) is 0. The number of halogens is 1. The Labute approximate surface area is 119 Å². The van der Waals surface area contributed by atoms with Crippen LogP contribution < -0.4 is 5.32 Å². The third-order valence-electron chi connectivity index (χ3n) is 3.79. The molecule has 98 valence electrons. The van der Waals surface area contributed by atoms with Crippen molar-refractivity contribution in [3.8, 4) is 0 Å². The van der Waals surface area contributed by atoms with E-state index in [0.717, 1.165) is 17.1 Å². The molecule has 0 bridgehead atoms. The molecule has 1 N–H and O–H groups in total. The van der Waals surface area contributed by atoms with E-state index >= 15 is 0 Å². The predicted octanol–water partition coefficient (Wildman–Crippen LogP) is 4.75. The highest BCUT2D eigenvalue weighted by Gasteiger charge is 2.10. The Bertz CT molecular complexity index is 604. The van der Waals surface area contributed by atoms with Crippen molar-refractivity contribution in [2.24, 2.45) is 0 Å². The van der Waals surface area contributed by atoms with Crippen molar-refractivity contribution >= 4 is 17.3 Å². The monoisotopic (exact) mass is 271 g/mol. The van der Waals surface area contributed by atoms with Crippen molar-refractivity contribution < 1.29 is 0 Å². The van der Waals surface area contributed by atoms with Crippen LogP contribution in [0, 0.1) is 6.92 Å². The minimum atomic E-state index is 0.776. The molecule has 0 fully saturated rings. The van der Waals surface area contributed by atoms with E-state index in [0.29, 0.717) is 0 Å². The third-order valence-corrected chi connectivity index (χ3v) is 4.14. The highest BCUT2D eigenvalue weighted by atomic mass is 35.5. The number of anilines is 1. The van der Waals surface area contributed by atoms with E-state index in [1.54, 1.807) is 0 Å². The minimum Gasteiger partial charge on any atom is -0.381 e. The number of fused-ring (bicyclic) bond motifs is 1. The van der Waals surface area contributed by atoms with Gasteiger partial charge in [0.15, 0.2) is 0 Å². The van der Waals surface area contributed by atoms with E-state index in [1.165, 1.54) is 41.6 Å². The first-order chi connectivity index (χ1) is 9.22. The van der Waals surface area contributed by atoms with Crippen LogP contribution in [-0.2, 0) is 19.4 Å². The summed E-state index contributed by atoms with van der Waals surface area (Å²) < 4.78 is 0. The standard InChI is InChI=1S/C17H18ClN/c1-12-5-6-15(17(18)9-12)11-19-16-8-7-13-3-2-4-14(13)10-16/h5-10,19H,2-4,11H2,1H3. The first-order valence-electron chi connectivity index (χ1n) is 6.83. The van der Waals surface area contributed by atoms with Crippen molar-refractivity contribution in [3.63, 3.8) is 0 Å². The maximum absolute atomic E-state index is 6.25. The number of hydrogen-bond donors (Lipinski definition) is 1. The average molecular weight is 272 g/mol. The molecule has 1 nitrogen and oxygen atoms in total. The van der Waals surface area contributed by atoms with Gasteiger partial charge >= 0.3 is 0 Å². The van der Waals surface area contributed by atoms with Crippen molar-refractivity contribution in [1.29, 1.82) is 0 Å². The highest BCUT2D eigenvalue weighted by molar-refractivity contribution is 6.31. The molecule has 0 unspecified atom stereocenters. The Balaban J connectivity index is 1.72. The second-order valence-electron chi connectivity index (χ2n) is 5.29. The summed E-state index contributed by atoms with van der Waals surface area (Å²) >= 11 is 6.25. The molecular weight excluding hydrogens is 254 g/mol. The van der Waals surface area contributed by atoms with E-state index in [1.807, 2.05) is 6.07 Å². The van der Waals surface area contributed by atoms with E-state index in [2.05, 4.69) is 42.6 Å². The van der Waals surface area contributed by atoms with Crippen molar-refractivity contribution in [1.82, 2.24) is 0 Å². The van der Waals surface area contributed by atoms with Gasteiger partial charge < -0.3 is 5.32 Å². The van der Waals surface area contributed by atoms with Crippen molar-refractivity contribution in [3.05, 3.63) is 63.7 Å². The predicted molar refractivity (Wildman–Crippen MR) is 82.0 cm³/mol. The molecule has 2 aromatic carbocycles. The molecule has 0 aromatic heterocycles. The summed E-state index contributed by atoms with van der Waals surface area (Å²) in [4.78, 5) is 0. The summed E-state index contributed by atoms with van der Waals surface area (Å²) in [6.07, 6.45) is 3.75. The smallest absolute Gasteiger partial charge is 0.0458 e. The fourth-order valence-electron chi connectivity index (χ4n) is 2.67. The van der Waals surface area contributed by atoms with Crippen LogP contribution in [0.15, 0.2) is 36.4 Å². The molecule has 0 radical (unpaired) electrons. The van der Waals surface area contributed by atoms with E-state index in [4.69, 9.17) is 11.6 Å². The fourth-order valence-corrected chi connectivity index (χ4v) is 2.98. The summed E-state index contributed by atoms with van der Waals surface area (Å²) in [5.74, 6) is 0. The largest absolute Gasteiger partial charge is 0.381 e. The van der Waals surface area contributed by atoms with Crippen LogP contribution in [-0.4, -0.2) is 0 Å².